The lowest BCUT2D eigenvalue weighted by Crippen LogP contribution is -2.26. The number of carbonyl (C=O) groups is 2. The van der Waals surface area contributed by atoms with Gasteiger partial charge in [0.15, 0.2) is 5.78 Å². The summed E-state index contributed by atoms with van der Waals surface area (Å²) in [7, 11) is 4.95. The third kappa shape index (κ3) is 3.32. The number of allylic oxidation sites excluding steroid dienone is 1. The van der Waals surface area contributed by atoms with Crippen molar-refractivity contribution in [2.24, 2.45) is 0 Å². The van der Waals surface area contributed by atoms with Crippen LogP contribution in [0.15, 0.2) is 35.7 Å². The van der Waals surface area contributed by atoms with Gasteiger partial charge in [-0.3, -0.25) is 9.59 Å². The van der Waals surface area contributed by atoms with Crippen molar-refractivity contribution in [3.05, 3.63) is 35.7 Å². The van der Waals surface area contributed by atoms with E-state index in [-0.39, 0.29) is 22.9 Å². The van der Waals surface area contributed by atoms with Crippen LogP contribution in [0.5, 0.6) is 0 Å². The summed E-state index contributed by atoms with van der Waals surface area (Å²) in [6.45, 7) is 0. The molecule has 23 heavy (non-hydrogen) atoms. The van der Waals surface area contributed by atoms with Gasteiger partial charge in [-0.1, -0.05) is 12.1 Å². The molecule has 0 radical (unpaired) electrons. The number of rotatable bonds is 5. The summed E-state index contributed by atoms with van der Waals surface area (Å²) >= 11 is 1.14. The predicted molar refractivity (Wildman–Crippen MR) is 90.2 cm³/mol. The van der Waals surface area contributed by atoms with Crippen molar-refractivity contribution in [3.8, 4) is 6.07 Å². The van der Waals surface area contributed by atoms with Gasteiger partial charge in [0.05, 0.1) is 30.0 Å². The maximum Gasteiger partial charge on any atom is 0.315 e. The highest BCUT2D eigenvalue weighted by atomic mass is 32.2. The third-order valence-electron chi connectivity index (χ3n) is 3.53. The van der Waals surface area contributed by atoms with Gasteiger partial charge in [0.1, 0.15) is 17.5 Å². The van der Waals surface area contributed by atoms with Crippen molar-refractivity contribution < 1.29 is 14.3 Å². The normalized spacial score (nSPS) is 12.7. The average Bonchev–Trinajstić information content (AvgIpc) is 2.81. The molecule has 0 N–H and O–H groups in total. The second kappa shape index (κ2) is 7.20. The summed E-state index contributed by atoms with van der Waals surface area (Å²) in [6, 6.07) is 9.70. The van der Waals surface area contributed by atoms with E-state index >= 15 is 0 Å². The number of anilines is 2. The van der Waals surface area contributed by atoms with Crippen molar-refractivity contribution in [2.45, 2.75) is 0 Å². The molecule has 2 rings (SSSR count). The Morgan fingerprint density at radius 2 is 1.74 bits per heavy atom. The number of benzene rings is 1. The van der Waals surface area contributed by atoms with Crippen molar-refractivity contribution in [2.75, 3.05) is 42.5 Å². The van der Waals surface area contributed by atoms with E-state index in [9.17, 15) is 14.9 Å². The Morgan fingerprint density at radius 1 is 1.17 bits per heavy atom. The number of thioether (sulfide) groups is 1. The van der Waals surface area contributed by atoms with E-state index in [0.29, 0.717) is 5.82 Å². The quantitative estimate of drug-likeness (QED) is 0.462. The van der Waals surface area contributed by atoms with Crippen LogP contribution in [0.2, 0.25) is 0 Å². The molecule has 0 saturated carbocycles. The zero-order chi connectivity index (χ0) is 17.0. The van der Waals surface area contributed by atoms with Crippen LogP contribution < -0.4 is 9.80 Å². The summed E-state index contributed by atoms with van der Waals surface area (Å²) in [5.41, 5.74) is 1.96. The van der Waals surface area contributed by atoms with Gasteiger partial charge in [0.25, 0.3) is 0 Å². The number of hydrogen-bond donors (Lipinski definition) is 0. The number of carbonyl (C=O) groups excluding carboxylic acids is 2. The zero-order valence-electron chi connectivity index (χ0n) is 13.2. The molecule has 0 atom stereocenters. The van der Waals surface area contributed by atoms with Crippen LogP contribution in [0.25, 0.3) is 0 Å². The fraction of sp³-hybridized carbons (Fsp3) is 0.312. The zero-order valence-corrected chi connectivity index (χ0v) is 14.0. The molecular weight excluding hydrogens is 314 g/mol. The maximum atomic E-state index is 12.4. The number of ether oxygens (including phenoxy) is 1. The molecule has 0 spiro atoms. The number of ketones is 1. The number of esters is 1. The topological polar surface area (TPSA) is 73.6 Å². The summed E-state index contributed by atoms with van der Waals surface area (Å²) in [4.78, 5) is 27.1. The van der Waals surface area contributed by atoms with Crippen LogP contribution in [0, 0.1) is 11.3 Å². The number of Topliss-reactive ketones (excluding diaryl/α,β-unsaturated/α-hetero) is 1. The predicted octanol–water partition coefficient (Wildman–Crippen LogP) is 1.78. The lowest BCUT2D eigenvalue weighted by molar-refractivity contribution is -0.137. The van der Waals surface area contributed by atoms with E-state index in [2.05, 4.69) is 4.74 Å². The number of nitriles is 1. The fourth-order valence-electron chi connectivity index (χ4n) is 2.42. The smallest absolute Gasteiger partial charge is 0.315 e. The van der Waals surface area contributed by atoms with E-state index in [4.69, 9.17) is 0 Å². The molecule has 0 unspecified atom stereocenters. The molecule has 0 saturated heterocycles. The van der Waals surface area contributed by atoms with Gasteiger partial charge in [-0.05, 0) is 12.1 Å². The third-order valence-corrected chi connectivity index (χ3v) is 4.44. The Bertz CT molecular complexity index is 678. The molecule has 1 aliphatic rings. The molecule has 0 aromatic heterocycles. The highest BCUT2D eigenvalue weighted by Gasteiger charge is 2.31. The van der Waals surface area contributed by atoms with Gasteiger partial charge >= 0.3 is 5.97 Å². The van der Waals surface area contributed by atoms with Gasteiger partial charge in [-0.25, -0.2) is 0 Å². The first-order valence-electron chi connectivity index (χ1n) is 6.89. The summed E-state index contributed by atoms with van der Waals surface area (Å²) in [5, 5.41) is 9.44. The van der Waals surface area contributed by atoms with E-state index in [0.717, 1.165) is 23.1 Å². The van der Waals surface area contributed by atoms with E-state index in [1.165, 1.54) is 7.11 Å². The van der Waals surface area contributed by atoms with Crippen LogP contribution in [0.1, 0.15) is 0 Å². The minimum Gasteiger partial charge on any atom is -0.468 e. The standard InChI is InChI=1S/C16H17N3O3S/c1-18-12-6-4-5-7-13(12)19(2)16(18)11(8-17)14(20)9-23-10-15(21)22-3/h4-7H,9-10H2,1-3H3. The Kier molecular flexibility index (Phi) is 5.29. The first-order valence-corrected chi connectivity index (χ1v) is 8.05. The number of para-hydroxylation sites is 2. The fourth-order valence-corrected chi connectivity index (χ4v) is 3.13. The molecule has 1 aromatic rings. The Hall–Kier alpha value is -2.46. The minimum absolute atomic E-state index is 0.0551. The van der Waals surface area contributed by atoms with Crippen LogP contribution in [0.3, 0.4) is 0 Å². The minimum atomic E-state index is -0.392. The van der Waals surface area contributed by atoms with Crippen molar-refractivity contribution in [1.29, 1.82) is 5.26 Å². The van der Waals surface area contributed by atoms with E-state index in [1.54, 1.807) is 0 Å². The Morgan fingerprint density at radius 3 is 2.22 bits per heavy atom. The van der Waals surface area contributed by atoms with Crippen LogP contribution >= 0.6 is 11.8 Å². The Balaban J connectivity index is 2.23. The molecule has 0 aliphatic carbocycles. The molecule has 0 amide bonds. The second-order valence-electron chi connectivity index (χ2n) is 4.91. The van der Waals surface area contributed by atoms with E-state index in [1.807, 2.05) is 54.2 Å². The van der Waals surface area contributed by atoms with Gasteiger partial charge < -0.3 is 14.5 Å². The monoisotopic (exact) mass is 331 g/mol. The number of hydrogen-bond acceptors (Lipinski definition) is 7. The van der Waals surface area contributed by atoms with Gasteiger partial charge in [-0.2, -0.15) is 5.26 Å². The molecule has 0 bridgehead atoms. The molecule has 6 nitrogen and oxygen atoms in total. The average molecular weight is 331 g/mol. The SMILES string of the molecule is COC(=O)CSCC(=O)C(C#N)=C1N(C)c2ccccc2N1C. The molecule has 1 aromatic carbocycles. The first kappa shape index (κ1) is 16.9. The number of nitrogens with zero attached hydrogens (tertiary/aromatic N) is 3. The Labute approximate surface area is 139 Å². The summed E-state index contributed by atoms with van der Waals surface area (Å²) in [6.07, 6.45) is 0. The highest BCUT2D eigenvalue weighted by molar-refractivity contribution is 8.00. The van der Waals surface area contributed by atoms with Gasteiger partial charge in [0.2, 0.25) is 0 Å². The van der Waals surface area contributed by atoms with Crippen LogP contribution in [-0.4, -0.2) is 44.5 Å². The molecule has 0 fully saturated rings. The van der Waals surface area contributed by atoms with E-state index < -0.39 is 5.97 Å². The summed E-state index contributed by atoms with van der Waals surface area (Å²) < 4.78 is 4.53. The first-order chi connectivity index (χ1) is 11.0. The van der Waals surface area contributed by atoms with Gasteiger partial charge in [-0.15, -0.1) is 11.8 Å². The molecular formula is C16H17N3O3S. The van der Waals surface area contributed by atoms with Crippen molar-refractivity contribution in [3.63, 3.8) is 0 Å². The lowest BCUT2D eigenvalue weighted by Gasteiger charge is -2.19. The number of methoxy groups -OCH3 is 1. The van der Waals surface area contributed by atoms with Crippen LogP contribution in [0.4, 0.5) is 11.4 Å². The lowest BCUT2D eigenvalue weighted by atomic mass is 10.2. The molecule has 7 heteroatoms. The maximum absolute atomic E-state index is 12.4. The largest absolute Gasteiger partial charge is 0.468 e. The molecule has 1 aliphatic heterocycles. The highest BCUT2D eigenvalue weighted by Crippen LogP contribution is 2.40. The van der Waals surface area contributed by atoms with Crippen molar-refractivity contribution in [1.82, 2.24) is 0 Å². The summed E-state index contributed by atoms with van der Waals surface area (Å²) in [5.74, 6) is -0.00132. The van der Waals surface area contributed by atoms with Gasteiger partial charge in [0, 0.05) is 14.1 Å². The molecule has 120 valence electrons. The van der Waals surface area contributed by atoms with Crippen LogP contribution in [-0.2, 0) is 14.3 Å². The molecule has 1 heterocycles. The number of fused-ring (bicyclic) bond motifs is 1. The second-order valence-corrected chi connectivity index (χ2v) is 5.89. The van der Waals surface area contributed by atoms with Crippen molar-refractivity contribution >= 4 is 34.9 Å².